The molecule has 2 rings (SSSR count). The number of hydrogen-bond donors (Lipinski definition) is 1. The second-order valence-electron chi connectivity index (χ2n) is 5.22. The molecular weight excluding hydrogens is 426 g/mol. The molecule has 0 aromatic heterocycles. The molecule has 0 heterocycles. The predicted octanol–water partition coefficient (Wildman–Crippen LogP) is 5.94. The highest BCUT2D eigenvalue weighted by Gasteiger charge is 2.13. The summed E-state index contributed by atoms with van der Waals surface area (Å²) in [6.07, 6.45) is 1.35. The van der Waals surface area contributed by atoms with Crippen molar-refractivity contribution in [1.29, 1.82) is 0 Å². The Balaban J connectivity index is 2.38. The third kappa shape index (κ3) is 4.26. The Morgan fingerprint density at radius 1 is 1.13 bits per heavy atom. The zero-order chi connectivity index (χ0) is 17.0. The first-order valence-electron chi connectivity index (χ1n) is 6.98. The smallest absolute Gasteiger partial charge is 0.155 e. The minimum atomic E-state index is 0.323. The van der Waals surface area contributed by atoms with Crippen LogP contribution < -0.4 is 9.47 Å². The van der Waals surface area contributed by atoms with Crippen molar-refractivity contribution in [2.75, 3.05) is 7.11 Å². The van der Waals surface area contributed by atoms with E-state index in [4.69, 9.17) is 14.7 Å². The van der Waals surface area contributed by atoms with Crippen LogP contribution in [0.3, 0.4) is 0 Å². The summed E-state index contributed by atoms with van der Waals surface area (Å²) >= 11 is 6.96. The van der Waals surface area contributed by atoms with E-state index in [0.717, 1.165) is 31.6 Å². The van der Waals surface area contributed by atoms with Gasteiger partial charge < -0.3 is 14.7 Å². The minimum Gasteiger partial charge on any atom is -0.496 e. The van der Waals surface area contributed by atoms with E-state index in [-0.39, 0.29) is 0 Å². The normalized spacial score (nSPS) is 11.2. The summed E-state index contributed by atoms with van der Waals surface area (Å²) < 4.78 is 12.9. The van der Waals surface area contributed by atoms with E-state index in [1.807, 2.05) is 30.3 Å². The number of ether oxygens (including phenoxy) is 2. The Morgan fingerprint density at radius 2 is 1.78 bits per heavy atom. The van der Waals surface area contributed by atoms with Crippen LogP contribution in [0.2, 0.25) is 0 Å². The van der Waals surface area contributed by atoms with Crippen LogP contribution >= 0.6 is 31.9 Å². The SMILES string of the molecule is COc1ccc(Oc2c(Br)cc(C=NO)cc2Br)cc1C(C)C. The first-order valence-corrected chi connectivity index (χ1v) is 8.57. The van der Waals surface area contributed by atoms with Crippen LogP contribution in [0.5, 0.6) is 17.2 Å². The van der Waals surface area contributed by atoms with Crippen LogP contribution in [0.4, 0.5) is 0 Å². The lowest BCUT2D eigenvalue weighted by atomic mass is 10.0. The van der Waals surface area contributed by atoms with E-state index in [1.165, 1.54) is 6.21 Å². The standard InChI is InChI=1S/C17H17Br2NO3/c1-10(2)13-8-12(4-5-16(13)22-3)23-17-14(18)6-11(9-20-21)7-15(17)19/h4-10,21H,1-3H3. The van der Waals surface area contributed by atoms with Crippen molar-refractivity contribution in [2.24, 2.45) is 5.16 Å². The van der Waals surface area contributed by atoms with Gasteiger partial charge >= 0.3 is 0 Å². The van der Waals surface area contributed by atoms with Crippen LogP contribution in [-0.2, 0) is 0 Å². The largest absolute Gasteiger partial charge is 0.496 e. The molecule has 0 amide bonds. The quantitative estimate of drug-likeness (QED) is 0.354. The van der Waals surface area contributed by atoms with Gasteiger partial charge in [-0.05, 0) is 73.7 Å². The molecule has 0 fully saturated rings. The third-order valence-corrected chi connectivity index (χ3v) is 4.45. The van der Waals surface area contributed by atoms with Crippen LogP contribution in [-0.4, -0.2) is 18.5 Å². The van der Waals surface area contributed by atoms with Gasteiger partial charge in [0.25, 0.3) is 0 Å². The van der Waals surface area contributed by atoms with E-state index in [1.54, 1.807) is 7.11 Å². The van der Waals surface area contributed by atoms with Gasteiger partial charge in [-0.3, -0.25) is 0 Å². The van der Waals surface area contributed by atoms with Crippen molar-refractivity contribution >= 4 is 38.1 Å². The highest BCUT2D eigenvalue weighted by atomic mass is 79.9. The van der Waals surface area contributed by atoms with Crippen molar-refractivity contribution < 1.29 is 14.7 Å². The van der Waals surface area contributed by atoms with Gasteiger partial charge in [-0.15, -0.1) is 0 Å². The predicted molar refractivity (Wildman–Crippen MR) is 98.4 cm³/mol. The molecule has 23 heavy (non-hydrogen) atoms. The summed E-state index contributed by atoms with van der Waals surface area (Å²) in [5, 5.41) is 11.7. The number of hydrogen-bond acceptors (Lipinski definition) is 4. The van der Waals surface area contributed by atoms with Gasteiger partial charge in [0.15, 0.2) is 5.75 Å². The molecule has 0 saturated carbocycles. The summed E-state index contributed by atoms with van der Waals surface area (Å²) in [7, 11) is 1.66. The van der Waals surface area contributed by atoms with Gasteiger partial charge in [-0.2, -0.15) is 0 Å². The average Bonchev–Trinajstić information content (AvgIpc) is 2.51. The van der Waals surface area contributed by atoms with Crippen LogP contribution in [0.1, 0.15) is 30.9 Å². The fraction of sp³-hybridized carbons (Fsp3) is 0.235. The second kappa shape index (κ2) is 7.84. The van der Waals surface area contributed by atoms with Crippen molar-refractivity contribution in [3.05, 3.63) is 50.4 Å². The zero-order valence-electron chi connectivity index (χ0n) is 13.0. The maximum Gasteiger partial charge on any atom is 0.155 e. The summed E-state index contributed by atoms with van der Waals surface area (Å²) in [6.45, 7) is 4.22. The molecule has 0 aliphatic carbocycles. The highest BCUT2D eigenvalue weighted by molar-refractivity contribution is 9.11. The number of halogens is 2. The lowest BCUT2D eigenvalue weighted by molar-refractivity contribution is 0.322. The summed E-state index contributed by atoms with van der Waals surface area (Å²) in [6, 6.07) is 9.37. The zero-order valence-corrected chi connectivity index (χ0v) is 16.2. The fourth-order valence-corrected chi connectivity index (χ4v) is 3.55. The van der Waals surface area contributed by atoms with Crippen molar-refractivity contribution in [1.82, 2.24) is 0 Å². The molecule has 0 atom stereocenters. The van der Waals surface area contributed by atoms with Crippen LogP contribution in [0, 0.1) is 0 Å². The Kier molecular flexibility index (Phi) is 6.07. The van der Waals surface area contributed by atoms with Crippen LogP contribution in [0.15, 0.2) is 44.4 Å². The average molecular weight is 443 g/mol. The number of oxime groups is 1. The summed E-state index contributed by atoms with van der Waals surface area (Å²) in [5.74, 6) is 2.54. The maximum absolute atomic E-state index is 8.63. The molecular formula is C17H17Br2NO3. The molecule has 122 valence electrons. The molecule has 2 aromatic rings. The summed E-state index contributed by atoms with van der Waals surface area (Å²) in [4.78, 5) is 0. The molecule has 1 N–H and O–H groups in total. The van der Waals surface area contributed by atoms with Gasteiger partial charge in [0.05, 0.1) is 22.3 Å². The number of nitrogens with zero attached hydrogens (tertiary/aromatic N) is 1. The second-order valence-corrected chi connectivity index (χ2v) is 6.93. The molecule has 2 aromatic carbocycles. The fourth-order valence-electron chi connectivity index (χ4n) is 2.16. The van der Waals surface area contributed by atoms with Crippen molar-refractivity contribution in [3.63, 3.8) is 0 Å². The Labute approximate surface area is 152 Å². The van der Waals surface area contributed by atoms with E-state index in [2.05, 4.69) is 50.9 Å². The Hall–Kier alpha value is -1.53. The van der Waals surface area contributed by atoms with E-state index in [0.29, 0.717) is 11.7 Å². The van der Waals surface area contributed by atoms with Gasteiger partial charge in [0.1, 0.15) is 11.5 Å². The monoisotopic (exact) mass is 441 g/mol. The van der Waals surface area contributed by atoms with Gasteiger partial charge in [-0.25, -0.2) is 0 Å². The lowest BCUT2D eigenvalue weighted by Crippen LogP contribution is -1.96. The Morgan fingerprint density at radius 3 is 2.30 bits per heavy atom. The molecule has 0 aliphatic heterocycles. The van der Waals surface area contributed by atoms with Gasteiger partial charge in [-0.1, -0.05) is 19.0 Å². The number of rotatable bonds is 5. The number of benzene rings is 2. The van der Waals surface area contributed by atoms with Crippen molar-refractivity contribution in [3.8, 4) is 17.2 Å². The first-order chi connectivity index (χ1) is 11.0. The highest BCUT2D eigenvalue weighted by Crippen LogP contribution is 2.39. The van der Waals surface area contributed by atoms with E-state index in [9.17, 15) is 0 Å². The molecule has 6 heteroatoms. The summed E-state index contributed by atoms with van der Waals surface area (Å²) in [5.41, 5.74) is 1.83. The maximum atomic E-state index is 8.63. The molecule has 0 spiro atoms. The van der Waals surface area contributed by atoms with E-state index < -0.39 is 0 Å². The molecule has 0 bridgehead atoms. The Bertz CT molecular complexity index is 707. The molecule has 0 saturated heterocycles. The van der Waals surface area contributed by atoms with Gasteiger partial charge in [0.2, 0.25) is 0 Å². The molecule has 4 nitrogen and oxygen atoms in total. The van der Waals surface area contributed by atoms with Gasteiger partial charge in [0, 0.05) is 5.56 Å². The van der Waals surface area contributed by atoms with Crippen LogP contribution in [0.25, 0.3) is 0 Å². The third-order valence-electron chi connectivity index (χ3n) is 3.27. The number of methoxy groups -OCH3 is 1. The lowest BCUT2D eigenvalue weighted by Gasteiger charge is -2.15. The first kappa shape index (κ1) is 17.8. The molecule has 0 aliphatic rings. The van der Waals surface area contributed by atoms with Crippen molar-refractivity contribution in [2.45, 2.75) is 19.8 Å². The molecule has 0 radical (unpaired) electrons. The topological polar surface area (TPSA) is 51.0 Å². The minimum absolute atomic E-state index is 0.323. The molecule has 0 unspecified atom stereocenters. The van der Waals surface area contributed by atoms with E-state index >= 15 is 0 Å².